The first kappa shape index (κ1) is 34.6. The van der Waals surface area contributed by atoms with Crippen molar-refractivity contribution in [2.45, 2.75) is 97.7 Å². The van der Waals surface area contributed by atoms with Crippen molar-refractivity contribution in [1.82, 2.24) is 34.7 Å². The molecule has 0 spiro atoms. The van der Waals surface area contributed by atoms with Gasteiger partial charge >= 0.3 is 6.68 Å². The molecule has 2 amide bonds. The Morgan fingerprint density at radius 1 is 1.17 bits per heavy atom. The van der Waals surface area contributed by atoms with Gasteiger partial charge in [-0.2, -0.15) is 23.4 Å². The molecule has 2 fully saturated rings. The molecule has 0 unspecified atom stereocenters. The summed E-state index contributed by atoms with van der Waals surface area (Å²) in [6.45, 7) is 3.78. The zero-order valence-corrected chi connectivity index (χ0v) is 24.1. The van der Waals surface area contributed by atoms with Crippen molar-refractivity contribution in [2.75, 3.05) is 6.54 Å². The van der Waals surface area contributed by atoms with Crippen LogP contribution in [0.15, 0.2) is 18.5 Å². The Kier molecular flexibility index (Phi) is 13.7. The fraction of sp³-hybridized carbons (Fsp3) is 0.630. The van der Waals surface area contributed by atoms with Crippen molar-refractivity contribution in [3.8, 4) is 0 Å². The maximum absolute atomic E-state index is 13.2. The summed E-state index contributed by atoms with van der Waals surface area (Å²) in [5.41, 5.74) is 8.26. The lowest BCUT2D eigenvalue weighted by Crippen LogP contribution is -2.28. The molecule has 2 aliphatic rings. The number of carbonyl (C=O) groups is 2. The van der Waals surface area contributed by atoms with Gasteiger partial charge in [0.05, 0.1) is 23.3 Å². The second-order valence-electron chi connectivity index (χ2n) is 9.93. The number of amides is 2. The molecule has 3 aromatic heterocycles. The van der Waals surface area contributed by atoms with Crippen LogP contribution in [-0.4, -0.2) is 60.3 Å². The summed E-state index contributed by atoms with van der Waals surface area (Å²) in [7, 11) is 0. The quantitative estimate of drug-likeness (QED) is 0.402. The van der Waals surface area contributed by atoms with Crippen LogP contribution in [0.1, 0.15) is 86.4 Å². The maximum atomic E-state index is 13.2. The van der Waals surface area contributed by atoms with Crippen molar-refractivity contribution in [3.63, 3.8) is 0 Å². The van der Waals surface area contributed by atoms with Crippen LogP contribution in [0.3, 0.4) is 0 Å². The van der Waals surface area contributed by atoms with Gasteiger partial charge in [-0.1, -0.05) is 6.92 Å². The topological polar surface area (TPSA) is 133 Å². The number of halogens is 5. The third kappa shape index (κ3) is 11.7. The van der Waals surface area contributed by atoms with Crippen LogP contribution < -0.4 is 11.1 Å². The van der Waals surface area contributed by atoms with E-state index in [1.54, 1.807) is 21.5 Å². The molecule has 1 saturated heterocycles. The van der Waals surface area contributed by atoms with Gasteiger partial charge in [0, 0.05) is 38.5 Å². The van der Waals surface area contributed by atoms with E-state index in [1.807, 2.05) is 27.0 Å². The number of carbonyl (C=O) groups excluding carboxylic acids is 2. The summed E-state index contributed by atoms with van der Waals surface area (Å²) >= 11 is 0. The van der Waals surface area contributed by atoms with Crippen molar-refractivity contribution in [1.29, 1.82) is 0 Å². The number of aryl methyl sites for hydroxylation is 3. The van der Waals surface area contributed by atoms with Gasteiger partial charge in [0.15, 0.2) is 0 Å². The van der Waals surface area contributed by atoms with Gasteiger partial charge in [-0.15, -0.1) is 0 Å². The molecule has 4 heterocycles. The van der Waals surface area contributed by atoms with Gasteiger partial charge in [-0.25, -0.2) is 23.3 Å². The van der Waals surface area contributed by atoms with Gasteiger partial charge in [-0.3, -0.25) is 14.3 Å². The minimum Gasteiger partial charge on any atom is -0.364 e. The summed E-state index contributed by atoms with van der Waals surface area (Å²) in [6, 6.07) is 1.60. The third-order valence-corrected chi connectivity index (χ3v) is 6.72. The second-order valence-corrected chi connectivity index (χ2v) is 9.93. The number of nitrogens with two attached hydrogens (primary N) is 1. The lowest BCUT2D eigenvalue weighted by Gasteiger charge is -2.27. The van der Waals surface area contributed by atoms with Crippen LogP contribution in [-0.2, 0) is 24.2 Å². The van der Waals surface area contributed by atoms with E-state index < -0.39 is 18.5 Å². The Morgan fingerprint density at radius 2 is 1.83 bits per heavy atom. The van der Waals surface area contributed by atoms with Crippen molar-refractivity contribution >= 4 is 17.6 Å². The van der Waals surface area contributed by atoms with E-state index in [1.165, 1.54) is 0 Å². The molecule has 3 aromatic rings. The predicted octanol–water partition coefficient (Wildman–Crippen LogP) is 4.83. The number of hydrogen-bond acceptors (Lipinski definition) is 6. The highest BCUT2D eigenvalue weighted by Crippen LogP contribution is 2.37. The van der Waals surface area contributed by atoms with E-state index in [4.69, 9.17) is 5.73 Å². The number of aromatic nitrogens is 6. The zero-order valence-electron chi connectivity index (χ0n) is 24.1. The van der Waals surface area contributed by atoms with E-state index in [0.717, 1.165) is 55.7 Å². The molecule has 0 atom stereocenters. The van der Waals surface area contributed by atoms with Crippen LogP contribution in [0.5, 0.6) is 0 Å². The summed E-state index contributed by atoms with van der Waals surface area (Å²) in [4.78, 5) is 29.9. The number of nitrogens with zero attached hydrogens (tertiary/aromatic N) is 6. The fourth-order valence-corrected chi connectivity index (χ4v) is 4.53. The monoisotopic (exact) mass is 602 g/mol. The average molecular weight is 603 g/mol. The molecule has 1 saturated carbocycles. The Hall–Kier alpha value is -3.65. The minimum absolute atomic E-state index is 0.000624. The molecular weight excluding hydrogens is 563 g/mol. The summed E-state index contributed by atoms with van der Waals surface area (Å²) in [5, 5.41) is 11.1. The summed E-state index contributed by atoms with van der Waals surface area (Å²) in [6.07, 6.45) is 9.11. The SMILES string of the molecule is CCc1nc2nc(CC3CCC(F)(F)CC3)cn2nc1C.CCn1nccc1C(N)=O.FC(F)F.O=C1CCCCN1. The first-order valence-corrected chi connectivity index (χ1v) is 13.9. The number of alkyl halides is 5. The van der Waals surface area contributed by atoms with Gasteiger partial charge in [0.2, 0.25) is 11.8 Å². The number of hydrogen-bond donors (Lipinski definition) is 2. The Labute approximate surface area is 241 Å². The van der Waals surface area contributed by atoms with E-state index >= 15 is 0 Å². The molecule has 10 nitrogen and oxygen atoms in total. The Morgan fingerprint density at radius 3 is 2.31 bits per heavy atom. The van der Waals surface area contributed by atoms with Gasteiger partial charge in [0.1, 0.15) is 5.69 Å². The average Bonchev–Trinajstić information content (AvgIpc) is 3.57. The molecule has 1 aliphatic heterocycles. The summed E-state index contributed by atoms with van der Waals surface area (Å²) in [5.74, 6) is -1.79. The van der Waals surface area contributed by atoms with Crippen LogP contribution in [0.25, 0.3) is 5.78 Å². The number of primary amides is 1. The van der Waals surface area contributed by atoms with E-state index in [-0.39, 0.29) is 18.7 Å². The number of rotatable bonds is 5. The predicted molar refractivity (Wildman–Crippen MR) is 146 cm³/mol. The lowest BCUT2D eigenvalue weighted by molar-refractivity contribution is -0.122. The van der Waals surface area contributed by atoms with E-state index in [9.17, 15) is 31.5 Å². The molecule has 0 aromatic carbocycles. The van der Waals surface area contributed by atoms with Crippen molar-refractivity contribution in [2.24, 2.45) is 11.7 Å². The van der Waals surface area contributed by atoms with E-state index in [0.29, 0.717) is 36.8 Å². The number of piperidine rings is 1. The van der Waals surface area contributed by atoms with Gasteiger partial charge < -0.3 is 11.1 Å². The van der Waals surface area contributed by atoms with E-state index in [2.05, 4.69) is 25.5 Å². The standard InChI is InChI=1S/C15H20F2N4.C6H9N3O.C5H9NO.CHF3/c1-3-13-10(2)20-21-9-12(18-14(21)19-13)8-11-4-6-15(16,17)7-5-11;1-2-9-5(6(7)10)3-4-8-9;7-5-3-1-2-4-6-5;2-1(3)4/h9,11H,3-8H2,1-2H3;3-4H,2H2,1H3,(H2,7,10);1-4H2,(H,6,7);1H. The number of imidazole rings is 1. The van der Waals surface area contributed by atoms with Crippen molar-refractivity contribution < 1.29 is 31.5 Å². The molecule has 15 heteroatoms. The highest BCUT2D eigenvalue weighted by molar-refractivity contribution is 5.90. The second kappa shape index (κ2) is 16.7. The largest absolute Gasteiger partial charge is 0.379 e. The molecule has 0 bridgehead atoms. The minimum atomic E-state index is -3.67. The maximum Gasteiger partial charge on any atom is 0.379 e. The normalized spacial score (nSPS) is 16.4. The van der Waals surface area contributed by atoms with Crippen LogP contribution in [0, 0.1) is 12.8 Å². The fourth-order valence-electron chi connectivity index (χ4n) is 4.53. The van der Waals surface area contributed by atoms with Crippen LogP contribution >= 0.6 is 0 Å². The molecule has 42 heavy (non-hydrogen) atoms. The third-order valence-electron chi connectivity index (χ3n) is 6.72. The van der Waals surface area contributed by atoms with Crippen LogP contribution in [0.2, 0.25) is 0 Å². The number of fused-ring (bicyclic) bond motifs is 1. The Balaban J connectivity index is 0.000000242. The molecule has 5 rings (SSSR count). The highest BCUT2D eigenvalue weighted by atomic mass is 19.4. The van der Waals surface area contributed by atoms with Crippen molar-refractivity contribution in [3.05, 3.63) is 41.2 Å². The highest BCUT2D eigenvalue weighted by Gasteiger charge is 2.35. The smallest absolute Gasteiger partial charge is 0.364 e. The molecule has 1 aliphatic carbocycles. The van der Waals surface area contributed by atoms with Crippen LogP contribution in [0.4, 0.5) is 22.0 Å². The molecular formula is C27H39F5N8O2. The molecule has 3 N–H and O–H groups in total. The molecule has 0 radical (unpaired) electrons. The zero-order chi connectivity index (χ0) is 31.3. The first-order valence-electron chi connectivity index (χ1n) is 13.9. The lowest BCUT2D eigenvalue weighted by atomic mass is 9.84. The Bertz CT molecular complexity index is 1260. The number of nitrogens with one attached hydrogen (secondary N) is 1. The first-order chi connectivity index (χ1) is 19.8. The summed E-state index contributed by atoms with van der Waals surface area (Å²) < 4.78 is 58.6. The van der Waals surface area contributed by atoms with Gasteiger partial charge in [-0.05, 0) is 64.4 Å². The van der Waals surface area contributed by atoms with Gasteiger partial charge in [0.25, 0.3) is 11.7 Å². The molecule has 234 valence electrons.